The van der Waals surface area contributed by atoms with Crippen LogP contribution < -0.4 is 15.4 Å². The van der Waals surface area contributed by atoms with E-state index in [0.29, 0.717) is 13.1 Å². The summed E-state index contributed by atoms with van der Waals surface area (Å²) in [5, 5.41) is 4.60. The number of hydrogen-bond acceptors (Lipinski definition) is 3. The monoisotopic (exact) mass is 370 g/mol. The number of nitrogens with one attached hydrogen (secondary N) is 1. The maximum atomic E-state index is 12.3. The second-order valence-corrected chi connectivity index (χ2v) is 6.24. The predicted molar refractivity (Wildman–Crippen MR) is 85.6 cm³/mol. The molecule has 0 spiro atoms. The van der Waals surface area contributed by atoms with Gasteiger partial charge in [0.2, 0.25) is 0 Å². The minimum Gasteiger partial charge on any atom is -0.496 e. The first-order valence-electron chi connectivity index (χ1n) is 7.21. The molecule has 2 rings (SSSR count). The second kappa shape index (κ2) is 7.11. The number of benzene rings is 1. The normalized spacial score (nSPS) is 17.1. The first kappa shape index (κ1) is 16.8. The number of imide groups is 1. The summed E-state index contributed by atoms with van der Waals surface area (Å²) in [5.41, 5.74) is 1.08. The third kappa shape index (κ3) is 3.59. The van der Waals surface area contributed by atoms with E-state index in [4.69, 9.17) is 4.74 Å². The second-order valence-electron chi connectivity index (χ2n) is 5.39. The first-order chi connectivity index (χ1) is 10.4. The molecule has 7 heteroatoms. The standard InChI is InChI=1S/C15H20BrN3O3/c1-9(11-4-5-13(22-3)12(16)8-11)18-10(2)14(20)19-7-6-17-15(19)21/h4-5,8-10,18H,6-7H2,1-3H3,(H,17,21)/p+1/t9-,10+/m0/s1. The molecule has 1 saturated heterocycles. The van der Waals surface area contributed by atoms with Gasteiger partial charge in [0.25, 0.3) is 5.91 Å². The lowest BCUT2D eigenvalue weighted by atomic mass is 10.1. The van der Waals surface area contributed by atoms with Crippen molar-refractivity contribution in [2.75, 3.05) is 20.2 Å². The van der Waals surface area contributed by atoms with Crippen molar-refractivity contribution in [2.24, 2.45) is 0 Å². The Bertz CT molecular complexity index is 579. The molecule has 3 amide bonds. The Morgan fingerprint density at radius 3 is 2.73 bits per heavy atom. The van der Waals surface area contributed by atoms with Crippen molar-refractivity contribution in [1.82, 2.24) is 10.2 Å². The first-order valence-corrected chi connectivity index (χ1v) is 8.01. The highest BCUT2D eigenvalue weighted by Crippen LogP contribution is 2.27. The average Bonchev–Trinajstić information content (AvgIpc) is 2.92. The number of ether oxygens (including phenoxy) is 1. The summed E-state index contributed by atoms with van der Waals surface area (Å²) in [6.07, 6.45) is 0. The quantitative estimate of drug-likeness (QED) is 0.812. The van der Waals surface area contributed by atoms with Crippen LogP contribution in [0, 0.1) is 0 Å². The van der Waals surface area contributed by atoms with Crippen LogP contribution in [0.3, 0.4) is 0 Å². The van der Waals surface area contributed by atoms with Gasteiger partial charge in [0.15, 0.2) is 6.04 Å². The van der Waals surface area contributed by atoms with Crippen LogP contribution >= 0.6 is 15.9 Å². The molecule has 1 aliphatic heterocycles. The molecular weight excluding hydrogens is 350 g/mol. The number of hydrogen-bond donors (Lipinski definition) is 2. The number of amides is 3. The van der Waals surface area contributed by atoms with Crippen LogP contribution in [-0.4, -0.2) is 43.1 Å². The average molecular weight is 371 g/mol. The molecule has 22 heavy (non-hydrogen) atoms. The molecule has 1 aromatic rings. The Morgan fingerprint density at radius 2 is 2.18 bits per heavy atom. The van der Waals surface area contributed by atoms with Gasteiger partial charge in [0.1, 0.15) is 11.8 Å². The third-order valence-electron chi connectivity index (χ3n) is 3.79. The molecule has 3 N–H and O–H groups in total. The number of methoxy groups -OCH3 is 1. The summed E-state index contributed by atoms with van der Waals surface area (Å²) < 4.78 is 6.10. The number of urea groups is 1. The number of carbonyl (C=O) groups excluding carboxylic acids is 2. The zero-order valence-corrected chi connectivity index (χ0v) is 14.5. The van der Waals surface area contributed by atoms with Gasteiger partial charge in [0, 0.05) is 18.7 Å². The van der Waals surface area contributed by atoms with Gasteiger partial charge in [-0.3, -0.25) is 9.69 Å². The van der Waals surface area contributed by atoms with Crippen molar-refractivity contribution in [2.45, 2.75) is 25.9 Å². The molecule has 2 atom stereocenters. The summed E-state index contributed by atoms with van der Waals surface area (Å²) >= 11 is 3.47. The van der Waals surface area contributed by atoms with E-state index in [-0.39, 0.29) is 24.0 Å². The van der Waals surface area contributed by atoms with E-state index in [1.807, 2.05) is 37.4 Å². The van der Waals surface area contributed by atoms with Crippen LogP contribution in [0.15, 0.2) is 22.7 Å². The molecule has 1 aromatic carbocycles. The lowest BCUT2D eigenvalue weighted by Crippen LogP contribution is -2.92. The van der Waals surface area contributed by atoms with Crippen molar-refractivity contribution in [3.05, 3.63) is 28.2 Å². The van der Waals surface area contributed by atoms with Gasteiger partial charge in [-0.25, -0.2) is 4.79 Å². The number of nitrogens with two attached hydrogens (primary N) is 1. The molecule has 120 valence electrons. The van der Waals surface area contributed by atoms with Gasteiger partial charge in [0.05, 0.1) is 11.6 Å². The molecule has 6 nitrogen and oxygen atoms in total. The van der Waals surface area contributed by atoms with E-state index in [9.17, 15) is 9.59 Å². The van der Waals surface area contributed by atoms with E-state index in [0.717, 1.165) is 15.8 Å². The molecule has 0 unspecified atom stereocenters. The highest BCUT2D eigenvalue weighted by Gasteiger charge is 2.32. The SMILES string of the molecule is COc1ccc([C@H](C)[NH2+][C@H](C)C(=O)N2CCNC2=O)cc1Br. The molecule has 0 saturated carbocycles. The van der Waals surface area contributed by atoms with Crippen molar-refractivity contribution in [3.63, 3.8) is 0 Å². The van der Waals surface area contributed by atoms with E-state index < -0.39 is 0 Å². The third-order valence-corrected chi connectivity index (χ3v) is 4.41. The number of nitrogens with zero attached hydrogens (tertiary/aromatic N) is 1. The topological polar surface area (TPSA) is 75.2 Å². The maximum absolute atomic E-state index is 12.3. The Balaban J connectivity index is 2.01. The molecule has 0 aliphatic carbocycles. The molecule has 1 fully saturated rings. The van der Waals surface area contributed by atoms with Crippen molar-refractivity contribution >= 4 is 27.9 Å². The molecule has 1 aliphatic rings. The van der Waals surface area contributed by atoms with Gasteiger partial charge in [-0.05, 0) is 48.0 Å². The van der Waals surface area contributed by atoms with Crippen molar-refractivity contribution in [1.29, 1.82) is 0 Å². The van der Waals surface area contributed by atoms with Crippen LogP contribution in [0.2, 0.25) is 0 Å². The predicted octanol–water partition coefficient (Wildman–Crippen LogP) is 1.02. The fourth-order valence-electron chi connectivity index (χ4n) is 2.52. The lowest BCUT2D eigenvalue weighted by molar-refractivity contribution is -0.710. The fraction of sp³-hybridized carbons (Fsp3) is 0.467. The van der Waals surface area contributed by atoms with Gasteiger partial charge < -0.3 is 15.4 Å². The van der Waals surface area contributed by atoms with Crippen molar-refractivity contribution < 1.29 is 19.6 Å². The van der Waals surface area contributed by atoms with E-state index >= 15 is 0 Å². The van der Waals surface area contributed by atoms with E-state index in [1.165, 1.54) is 4.90 Å². The highest BCUT2D eigenvalue weighted by molar-refractivity contribution is 9.10. The van der Waals surface area contributed by atoms with E-state index in [1.54, 1.807) is 7.11 Å². The molecule has 0 aromatic heterocycles. The Kier molecular flexibility index (Phi) is 5.42. The van der Waals surface area contributed by atoms with E-state index in [2.05, 4.69) is 21.2 Å². The highest BCUT2D eigenvalue weighted by atomic mass is 79.9. The van der Waals surface area contributed by atoms with Crippen LogP contribution in [-0.2, 0) is 4.79 Å². The Morgan fingerprint density at radius 1 is 1.45 bits per heavy atom. The van der Waals surface area contributed by atoms with Gasteiger partial charge in [-0.1, -0.05) is 0 Å². The number of halogens is 1. The van der Waals surface area contributed by atoms with Crippen LogP contribution in [0.1, 0.15) is 25.5 Å². The fourth-order valence-corrected chi connectivity index (χ4v) is 3.08. The molecular formula is C15H21BrN3O3+. The summed E-state index contributed by atoms with van der Waals surface area (Å²) in [7, 11) is 1.62. The molecule has 0 radical (unpaired) electrons. The summed E-state index contributed by atoms with van der Waals surface area (Å²) in [6, 6.07) is 5.32. The van der Waals surface area contributed by atoms with Gasteiger partial charge in [-0.2, -0.15) is 0 Å². The van der Waals surface area contributed by atoms with Crippen LogP contribution in [0.4, 0.5) is 4.79 Å². The Hall–Kier alpha value is -1.60. The summed E-state index contributed by atoms with van der Waals surface area (Å²) in [5.74, 6) is 0.614. The summed E-state index contributed by atoms with van der Waals surface area (Å²) in [6.45, 7) is 4.82. The minimum absolute atomic E-state index is 0.0896. The van der Waals surface area contributed by atoms with Gasteiger partial charge in [-0.15, -0.1) is 0 Å². The van der Waals surface area contributed by atoms with Gasteiger partial charge >= 0.3 is 6.03 Å². The number of carbonyl (C=O) groups is 2. The zero-order chi connectivity index (χ0) is 16.3. The zero-order valence-electron chi connectivity index (χ0n) is 12.9. The maximum Gasteiger partial charge on any atom is 0.324 e. The largest absolute Gasteiger partial charge is 0.496 e. The summed E-state index contributed by atoms with van der Waals surface area (Å²) in [4.78, 5) is 25.1. The van der Waals surface area contributed by atoms with Crippen LogP contribution in [0.5, 0.6) is 5.75 Å². The number of quaternary nitrogens is 1. The number of rotatable bonds is 5. The smallest absolute Gasteiger partial charge is 0.324 e. The Labute approximate surface area is 138 Å². The van der Waals surface area contributed by atoms with Crippen LogP contribution in [0.25, 0.3) is 0 Å². The molecule has 1 heterocycles. The lowest BCUT2D eigenvalue weighted by Gasteiger charge is -2.20. The molecule has 0 bridgehead atoms. The minimum atomic E-state index is -0.320. The van der Waals surface area contributed by atoms with Crippen molar-refractivity contribution in [3.8, 4) is 5.75 Å².